The third kappa shape index (κ3) is 4.44. The van der Waals surface area contributed by atoms with Gasteiger partial charge in [0.1, 0.15) is 6.23 Å². The summed E-state index contributed by atoms with van der Waals surface area (Å²) in [4.78, 5) is 26.6. The maximum absolute atomic E-state index is 12.6. The van der Waals surface area contributed by atoms with Crippen LogP contribution in [0.25, 0.3) is 0 Å². The second kappa shape index (κ2) is 9.96. The van der Waals surface area contributed by atoms with Crippen LogP contribution in [0.5, 0.6) is 0 Å². The van der Waals surface area contributed by atoms with Gasteiger partial charge < -0.3 is 9.16 Å². The first-order valence-electron chi connectivity index (χ1n) is 12.8. The smallest absolute Gasteiger partial charge is 0.330 e. The van der Waals surface area contributed by atoms with Gasteiger partial charge in [-0.3, -0.25) is 14.3 Å². The second-order valence-electron chi connectivity index (χ2n) is 11.0. The fourth-order valence-electron chi connectivity index (χ4n) is 5.78. The molecule has 0 amide bonds. The number of rotatable bonds is 7. The molecule has 1 fully saturated rings. The van der Waals surface area contributed by atoms with Crippen molar-refractivity contribution in [2.24, 2.45) is 11.8 Å². The number of nitrogens with one attached hydrogen (secondary N) is 1. The molecule has 0 spiro atoms. The van der Waals surface area contributed by atoms with Crippen molar-refractivity contribution >= 4 is 18.7 Å². The SMILES string of the molecule is CC[C@]1(CO[Si](c2ccccc2)(c2ccccc2)C(C)(C)C)O[C@@H](n2ccc(=O)[nH]c2=O)[C@H](C)[C@@H]1C. The van der Waals surface area contributed by atoms with Crippen molar-refractivity contribution < 1.29 is 9.16 Å². The van der Waals surface area contributed by atoms with Crippen LogP contribution in [0.1, 0.15) is 54.2 Å². The zero-order valence-electron chi connectivity index (χ0n) is 22.2. The molecule has 2 aromatic carbocycles. The van der Waals surface area contributed by atoms with Crippen molar-refractivity contribution in [1.82, 2.24) is 9.55 Å². The van der Waals surface area contributed by atoms with Crippen molar-refractivity contribution in [3.8, 4) is 0 Å². The van der Waals surface area contributed by atoms with Gasteiger partial charge in [-0.1, -0.05) is 102 Å². The van der Waals surface area contributed by atoms with E-state index in [0.29, 0.717) is 6.61 Å². The molecule has 1 N–H and O–H groups in total. The van der Waals surface area contributed by atoms with Gasteiger partial charge in [-0.05, 0) is 27.8 Å². The quantitative estimate of drug-likeness (QED) is 0.491. The van der Waals surface area contributed by atoms with Crippen LogP contribution >= 0.6 is 0 Å². The normalized spacial score (nSPS) is 24.7. The van der Waals surface area contributed by atoms with Gasteiger partial charge in [-0.15, -0.1) is 0 Å². The standard InChI is InChI=1S/C29H38N2O4Si/c1-7-29(22(3)21(2)26(35-29)31-19-18-25(32)30-27(31)33)20-34-36(28(4,5)6,23-14-10-8-11-15-23)24-16-12-9-13-17-24/h8-19,21-22,26H,7,20H2,1-6H3,(H,30,32,33)/t21-,22+,26-,29-/m1/s1. The van der Waals surface area contributed by atoms with Gasteiger partial charge in [0.15, 0.2) is 0 Å². The summed E-state index contributed by atoms with van der Waals surface area (Å²) in [5, 5.41) is 2.30. The molecular weight excluding hydrogens is 468 g/mol. The van der Waals surface area contributed by atoms with E-state index in [1.165, 1.54) is 27.2 Å². The van der Waals surface area contributed by atoms with Gasteiger partial charge in [0.2, 0.25) is 0 Å². The number of nitrogens with zero attached hydrogens (tertiary/aromatic N) is 1. The second-order valence-corrected chi connectivity index (χ2v) is 15.3. The van der Waals surface area contributed by atoms with Crippen LogP contribution in [-0.2, 0) is 9.16 Å². The van der Waals surface area contributed by atoms with Crippen molar-refractivity contribution in [2.75, 3.05) is 6.61 Å². The van der Waals surface area contributed by atoms with Gasteiger partial charge in [-0.25, -0.2) is 4.79 Å². The Balaban J connectivity index is 1.77. The van der Waals surface area contributed by atoms with Crippen molar-refractivity contribution in [3.05, 3.63) is 93.8 Å². The molecule has 0 saturated carbocycles. The highest BCUT2D eigenvalue weighted by molar-refractivity contribution is 6.99. The van der Waals surface area contributed by atoms with Gasteiger partial charge in [0, 0.05) is 18.2 Å². The highest BCUT2D eigenvalue weighted by Crippen LogP contribution is 2.48. The molecule has 1 saturated heterocycles. The van der Waals surface area contributed by atoms with Crippen LogP contribution in [0.15, 0.2) is 82.5 Å². The van der Waals surface area contributed by atoms with Gasteiger partial charge in [0.05, 0.1) is 12.2 Å². The molecule has 0 bridgehead atoms. The summed E-state index contributed by atoms with van der Waals surface area (Å²) in [6.45, 7) is 13.6. The minimum absolute atomic E-state index is 0.0521. The first-order valence-corrected chi connectivity index (χ1v) is 14.7. The Kier molecular flexibility index (Phi) is 7.28. The Morgan fingerprint density at radius 3 is 2.00 bits per heavy atom. The molecule has 4 atom stereocenters. The van der Waals surface area contributed by atoms with Crippen LogP contribution in [-0.4, -0.2) is 30.1 Å². The summed E-state index contributed by atoms with van der Waals surface area (Å²) in [7, 11) is -2.75. The van der Waals surface area contributed by atoms with E-state index in [0.717, 1.165) is 6.42 Å². The summed E-state index contributed by atoms with van der Waals surface area (Å²) in [6, 6.07) is 22.5. The molecule has 3 aromatic rings. The summed E-state index contributed by atoms with van der Waals surface area (Å²) in [6.07, 6.45) is 1.79. The molecular formula is C29H38N2O4Si. The molecule has 1 aliphatic rings. The van der Waals surface area contributed by atoms with Gasteiger partial charge in [0.25, 0.3) is 13.9 Å². The predicted molar refractivity (Wildman–Crippen MR) is 146 cm³/mol. The summed E-state index contributed by atoms with van der Waals surface area (Å²) < 4.78 is 15.5. The van der Waals surface area contributed by atoms with E-state index < -0.39 is 31.4 Å². The lowest BCUT2D eigenvalue weighted by Crippen LogP contribution is -2.67. The van der Waals surface area contributed by atoms with Crippen LogP contribution in [0, 0.1) is 11.8 Å². The van der Waals surface area contributed by atoms with Crippen LogP contribution in [0.2, 0.25) is 5.04 Å². The number of aromatic nitrogens is 2. The molecule has 1 aliphatic heterocycles. The molecule has 192 valence electrons. The first kappa shape index (κ1) is 26.3. The molecule has 0 aliphatic carbocycles. The summed E-state index contributed by atoms with van der Waals surface area (Å²) in [5.41, 5.74) is -1.44. The number of ether oxygens (including phenoxy) is 1. The number of aromatic amines is 1. The van der Waals surface area contributed by atoms with Gasteiger partial charge >= 0.3 is 5.69 Å². The lowest BCUT2D eigenvalue weighted by molar-refractivity contribution is -0.111. The molecule has 0 unspecified atom stereocenters. The third-order valence-corrected chi connectivity index (χ3v) is 13.1. The number of hydrogen-bond acceptors (Lipinski definition) is 4. The average molecular weight is 507 g/mol. The lowest BCUT2D eigenvalue weighted by atomic mass is 9.81. The maximum atomic E-state index is 12.6. The Morgan fingerprint density at radius 2 is 1.53 bits per heavy atom. The number of benzene rings is 2. The lowest BCUT2D eigenvalue weighted by Gasteiger charge is -2.45. The largest absolute Gasteiger partial charge is 0.404 e. The molecule has 2 heterocycles. The zero-order valence-corrected chi connectivity index (χ0v) is 23.2. The van der Waals surface area contributed by atoms with E-state index in [4.69, 9.17) is 9.16 Å². The summed E-state index contributed by atoms with van der Waals surface area (Å²) in [5.74, 6) is 0.181. The van der Waals surface area contributed by atoms with Crippen molar-refractivity contribution in [3.63, 3.8) is 0 Å². The molecule has 6 nitrogen and oxygen atoms in total. The monoisotopic (exact) mass is 506 g/mol. The Morgan fingerprint density at radius 1 is 0.972 bits per heavy atom. The van der Waals surface area contributed by atoms with E-state index >= 15 is 0 Å². The average Bonchev–Trinajstić information content (AvgIpc) is 3.10. The fraction of sp³-hybridized carbons (Fsp3) is 0.448. The molecule has 0 radical (unpaired) electrons. The molecule has 4 rings (SSSR count). The van der Waals surface area contributed by atoms with E-state index in [9.17, 15) is 9.59 Å². The number of hydrogen-bond donors (Lipinski definition) is 1. The predicted octanol–water partition coefficient (Wildman–Crippen LogP) is 4.06. The Labute approximate surface area is 214 Å². The van der Waals surface area contributed by atoms with E-state index in [1.54, 1.807) is 0 Å². The fourth-order valence-corrected chi connectivity index (χ4v) is 10.4. The summed E-state index contributed by atoms with van der Waals surface area (Å²) >= 11 is 0. The molecule has 36 heavy (non-hydrogen) atoms. The highest BCUT2D eigenvalue weighted by Gasteiger charge is 2.55. The third-order valence-electron chi connectivity index (χ3n) is 8.10. The molecule has 7 heteroatoms. The topological polar surface area (TPSA) is 73.3 Å². The van der Waals surface area contributed by atoms with Crippen LogP contribution in [0.3, 0.4) is 0 Å². The maximum Gasteiger partial charge on any atom is 0.330 e. The van der Waals surface area contributed by atoms with Gasteiger partial charge in [-0.2, -0.15) is 0 Å². The zero-order chi connectivity index (χ0) is 26.1. The minimum atomic E-state index is -2.75. The van der Waals surface area contributed by atoms with Crippen molar-refractivity contribution in [1.29, 1.82) is 0 Å². The first-order chi connectivity index (χ1) is 17.1. The van der Waals surface area contributed by atoms with Crippen molar-refractivity contribution in [2.45, 2.75) is 64.8 Å². The Hall–Kier alpha value is -2.74. The van der Waals surface area contributed by atoms with E-state index in [-0.39, 0.29) is 16.9 Å². The van der Waals surface area contributed by atoms with E-state index in [1.807, 2.05) is 12.1 Å². The van der Waals surface area contributed by atoms with Crippen LogP contribution in [0.4, 0.5) is 0 Å². The highest BCUT2D eigenvalue weighted by atomic mass is 28.4. The Bertz CT molecular complexity index is 1240. The minimum Gasteiger partial charge on any atom is -0.404 e. The van der Waals surface area contributed by atoms with E-state index in [2.05, 4.69) is 95.1 Å². The molecule has 1 aromatic heterocycles. The number of H-pyrrole nitrogens is 1. The van der Waals surface area contributed by atoms with Crippen LogP contribution < -0.4 is 21.6 Å².